The predicted molar refractivity (Wildman–Crippen MR) is 223 cm³/mol. The molecule has 1 aliphatic rings. The maximum absolute atomic E-state index is 3.87. The standard InChI is InChI=1S/C51H39N/c1-4-35-14-16-37(17-15-35)38-18-20-39(21-19-38)40-24-27-45(28-25-40)52(44-12-6-5-7-13-44)46-29-31-48-47-30-26-43(33-49(47)51(2,3)50(48)34-46)42-23-22-36-10-8-9-11-41(36)32-42/h4-34H,1H2,2-3H3. The van der Waals surface area contributed by atoms with E-state index in [2.05, 4.69) is 207 Å². The summed E-state index contributed by atoms with van der Waals surface area (Å²) in [4.78, 5) is 2.37. The first-order chi connectivity index (χ1) is 25.5. The highest BCUT2D eigenvalue weighted by molar-refractivity contribution is 5.90. The van der Waals surface area contributed by atoms with E-state index in [0.717, 1.165) is 22.6 Å². The number of hydrogen-bond acceptors (Lipinski definition) is 1. The number of benzene rings is 8. The van der Waals surface area contributed by atoms with Crippen molar-refractivity contribution in [3.63, 3.8) is 0 Å². The van der Waals surface area contributed by atoms with Gasteiger partial charge in [0.05, 0.1) is 0 Å². The molecule has 1 heteroatoms. The average molecular weight is 666 g/mol. The summed E-state index contributed by atoms with van der Waals surface area (Å²) in [6.45, 7) is 8.61. The first kappa shape index (κ1) is 31.5. The molecule has 52 heavy (non-hydrogen) atoms. The van der Waals surface area contributed by atoms with E-state index >= 15 is 0 Å². The second-order valence-corrected chi connectivity index (χ2v) is 14.3. The van der Waals surface area contributed by atoms with Gasteiger partial charge in [-0.2, -0.15) is 0 Å². The summed E-state index contributed by atoms with van der Waals surface area (Å²) in [6, 6.07) is 66.4. The van der Waals surface area contributed by atoms with Gasteiger partial charge in [-0.15, -0.1) is 0 Å². The third kappa shape index (κ3) is 5.52. The van der Waals surface area contributed by atoms with E-state index in [1.165, 1.54) is 66.4 Å². The zero-order valence-corrected chi connectivity index (χ0v) is 29.6. The molecule has 0 unspecified atom stereocenters. The molecule has 0 N–H and O–H groups in total. The van der Waals surface area contributed by atoms with Gasteiger partial charge in [-0.05, 0) is 121 Å². The van der Waals surface area contributed by atoms with Crippen LogP contribution in [0.1, 0.15) is 30.5 Å². The van der Waals surface area contributed by atoms with Crippen LogP contribution in [-0.4, -0.2) is 0 Å². The Hall–Kier alpha value is -6.44. The molecule has 0 atom stereocenters. The van der Waals surface area contributed by atoms with Gasteiger partial charge in [0, 0.05) is 22.5 Å². The largest absolute Gasteiger partial charge is 0.310 e. The van der Waals surface area contributed by atoms with Gasteiger partial charge in [-0.1, -0.05) is 160 Å². The Labute approximate surface area is 306 Å². The van der Waals surface area contributed by atoms with Gasteiger partial charge in [-0.3, -0.25) is 0 Å². The second kappa shape index (κ2) is 12.7. The van der Waals surface area contributed by atoms with Gasteiger partial charge in [-0.25, -0.2) is 0 Å². The minimum absolute atomic E-state index is 0.153. The summed E-state index contributed by atoms with van der Waals surface area (Å²) in [6.07, 6.45) is 1.88. The molecule has 0 saturated carbocycles. The lowest BCUT2D eigenvalue weighted by Gasteiger charge is -2.28. The first-order valence-electron chi connectivity index (χ1n) is 18.0. The van der Waals surface area contributed by atoms with E-state index in [1.807, 2.05) is 6.08 Å². The molecule has 0 aliphatic heterocycles. The average Bonchev–Trinajstić information content (AvgIpc) is 3.43. The monoisotopic (exact) mass is 665 g/mol. The molecule has 0 radical (unpaired) electrons. The molecular weight excluding hydrogens is 627 g/mol. The molecule has 9 rings (SSSR count). The van der Waals surface area contributed by atoms with E-state index in [4.69, 9.17) is 0 Å². The lowest BCUT2D eigenvalue weighted by Crippen LogP contribution is -2.16. The van der Waals surface area contributed by atoms with Crippen molar-refractivity contribution in [3.05, 3.63) is 205 Å². The topological polar surface area (TPSA) is 3.24 Å². The normalized spacial score (nSPS) is 12.7. The van der Waals surface area contributed by atoms with Crippen LogP contribution in [0.2, 0.25) is 0 Å². The fourth-order valence-corrected chi connectivity index (χ4v) is 7.91. The Kier molecular flexibility index (Phi) is 7.71. The van der Waals surface area contributed by atoms with Crippen molar-refractivity contribution in [2.75, 3.05) is 4.90 Å². The molecule has 0 fully saturated rings. The second-order valence-electron chi connectivity index (χ2n) is 14.3. The Morgan fingerprint density at radius 3 is 1.52 bits per heavy atom. The van der Waals surface area contributed by atoms with Crippen molar-refractivity contribution < 1.29 is 0 Å². The number of hydrogen-bond donors (Lipinski definition) is 0. The van der Waals surface area contributed by atoms with Crippen molar-refractivity contribution in [3.8, 4) is 44.5 Å². The first-order valence-corrected chi connectivity index (χ1v) is 18.0. The molecule has 8 aromatic carbocycles. The van der Waals surface area contributed by atoms with Crippen LogP contribution in [0.3, 0.4) is 0 Å². The van der Waals surface area contributed by atoms with Gasteiger partial charge in [0.15, 0.2) is 0 Å². The smallest absolute Gasteiger partial charge is 0.0465 e. The van der Waals surface area contributed by atoms with Crippen LogP contribution in [0.5, 0.6) is 0 Å². The lowest BCUT2D eigenvalue weighted by atomic mass is 9.81. The summed E-state index contributed by atoms with van der Waals surface area (Å²) >= 11 is 0. The van der Waals surface area contributed by atoms with Crippen LogP contribution in [0.15, 0.2) is 189 Å². The number of para-hydroxylation sites is 1. The van der Waals surface area contributed by atoms with Crippen molar-refractivity contribution in [2.45, 2.75) is 19.3 Å². The lowest BCUT2D eigenvalue weighted by molar-refractivity contribution is 0.660. The molecule has 0 aromatic heterocycles. The zero-order valence-electron chi connectivity index (χ0n) is 29.6. The quantitative estimate of drug-likeness (QED) is 0.164. The molecule has 0 spiro atoms. The summed E-state index contributed by atoms with van der Waals surface area (Å²) < 4.78 is 0. The van der Waals surface area contributed by atoms with E-state index in [9.17, 15) is 0 Å². The zero-order chi connectivity index (χ0) is 35.2. The number of fused-ring (bicyclic) bond motifs is 4. The molecular formula is C51H39N. The maximum atomic E-state index is 3.87. The van der Waals surface area contributed by atoms with Crippen molar-refractivity contribution in [1.82, 2.24) is 0 Å². The summed E-state index contributed by atoms with van der Waals surface area (Å²) in [5.41, 5.74) is 17.1. The van der Waals surface area contributed by atoms with Gasteiger partial charge in [0.1, 0.15) is 0 Å². The van der Waals surface area contributed by atoms with Crippen LogP contribution in [0.25, 0.3) is 61.4 Å². The highest BCUT2D eigenvalue weighted by Crippen LogP contribution is 2.51. The Balaban J connectivity index is 1.04. The Morgan fingerprint density at radius 1 is 0.404 bits per heavy atom. The van der Waals surface area contributed by atoms with Crippen LogP contribution >= 0.6 is 0 Å². The molecule has 1 aliphatic carbocycles. The van der Waals surface area contributed by atoms with Crippen LogP contribution in [-0.2, 0) is 5.41 Å². The minimum atomic E-state index is -0.153. The van der Waals surface area contributed by atoms with Crippen LogP contribution < -0.4 is 4.90 Å². The third-order valence-corrected chi connectivity index (χ3v) is 10.8. The van der Waals surface area contributed by atoms with Gasteiger partial charge in [0.2, 0.25) is 0 Å². The molecule has 8 aromatic rings. The highest BCUT2D eigenvalue weighted by atomic mass is 15.1. The Morgan fingerprint density at radius 2 is 0.865 bits per heavy atom. The van der Waals surface area contributed by atoms with Crippen LogP contribution in [0.4, 0.5) is 17.1 Å². The third-order valence-electron chi connectivity index (χ3n) is 10.8. The summed E-state index contributed by atoms with van der Waals surface area (Å²) in [5, 5.41) is 2.54. The maximum Gasteiger partial charge on any atom is 0.0465 e. The number of rotatable bonds is 7. The predicted octanol–water partition coefficient (Wildman–Crippen LogP) is 14.3. The van der Waals surface area contributed by atoms with Crippen molar-refractivity contribution >= 4 is 33.9 Å². The number of anilines is 3. The Bertz CT molecular complexity index is 2570. The fraction of sp³-hybridized carbons (Fsp3) is 0.0588. The SMILES string of the molecule is C=Cc1ccc(-c2ccc(-c3ccc(N(c4ccccc4)c4ccc5c(c4)C(C)(C)c4cc(-c6ccc7ccccc7c6)ccc4-5)cc3)cc2)cc1. The van der Waals surface area contributed by atoms with Gasteiger partial charge < -0.3 is 4.90 Å². The molecule has 248 valence electrons. The fourth-order valence-electron chi connectivity index (χ4n) is 7.91. The molecule has 0 heterocycles. The molecule has 0 saturated heterocycles. The number of nitrogens with zero attached hydrogens (tertiary/aromatic N) is 1. The summed E-state index contributed by atoms with van der Waals surface area (Å²) in [7, 11) is 0. The highest BCUT2D eigenvalue weighted by Gasteiger charge is 2.36. The van der Waals surface area contributed by atoms with E-state index in [1.54, 1.807) is 0 Å². The van der Waals surface area contributed by atoms with Gasteiger partial charge >= 0.3 is 0 Å². The van der Waals surface area contributed by atoms with E-state index in [-0.39, 0.29) is 5.41 Å². The molecule has 1 nitrogen and oxygen atoms in total. The molecule has 0 bridgehead atoms. The van der Waals surface area contributed by atoms with Crippen molar-refractivity contribution in [2.24, 2.45) is 0 Å². The van der Waals surface area contributed by atoms with E-state index < -0.39 is 0 Å². The van der Waals surface area contributed by atoms with Crippen molar-refractivity contribution in [1.29, 1.82) is 0 Å². The molecule has 0 amide bonds. The van der Waals surface area contributed by atoms with Gasteiger partial charge in [0.25, 0.3) is 0 Å². The van der Waals surface area contributed by atoms with E-state index in [0.29, 0.717) is 0 Å². The van der Waals surface area contributed by atoms with Crippen LogP contribution in [0, 0.1) is 0 Å². The summed E-state index contributed by atoms with van der Waals surface area (Å²) in [5.74, 6) is 0. The minimum Gasteiger partial charge on any atom is -0.310 e.